The van der Waals surface area contributed by atoms with Gasteiger partial charge in [0.15, 0.2) is 11.5 Å². The molecule has 0 atom stereocenters. The number of anilines is 1. The lowest BCUT2D eigenvalue weighted by atomic mass is 10.1. The Morgan fingerprint density at radius 2 is 2.00 bits per heavy atom. The van der Waals surface area contributed by atoms with E-state index in [1.54, 1.807) is 30.3 Å². The number of nitrogens with zero attached hydrogens (tertiary/aromatic N) is 1. The summed E-state index contributed by atoms with van der Waals surface area (Å²) in [5.74, 6) is -0.0434. The second kappa shape index (κ2) is 6.14. The Morgan fingerprint density at radius 3 is 2.78 bits per heavy atom. The van der Waals surface area contributed by atoms with Gasteiger partial charge in [0.05, 0.1) is 5.56 Å². The molecule has 1 amide bonds. The van der Waals surface area contributed by atoms with Gasteiger partial charge in [0.2, 0.25) is 0 Å². The van der Waals surface area contributed by atoms with Crippen LogP contribution in [0.1, 0.15) is 16.1 Å². The Bertz CT molecular complexity index is 874. The van der Waals surface area contributed by atoms with Crippen LogP contribution in [0, 0.1) is 6.92 Å². The highest BCUT2D eigenvalue weighted by atomic mass is 35.5. The highest BCUT2D eigenvalue weighted by Crippen LogP contribution is 2.29. The second-order valence-electron chi connectivity index (χ2n) is 5.01. The highest BCUT2D eigenvalue weighted by molar-refractivity contribution is 6.31. The van der Waals surface area contributed by atoms with Crippen LogP contribution in [0.2, 0.25) is 5.02 Å². The van der Waals surface area contributed by atoms with Gasteiger partial charge in [-0.2, -0.15) is 0 Å². The van der Waals surface area contributed by atoms with Gasteiger partial charge in [0, 0.05) is 16.8 Å². The molecule has 0 fully saturated rings. The maximum absolute atomic E-state index is 12.3. The van der Waals surface area contributed by atoms with E-state index in [1.165, 1.54) is 12.1 Å². The van der Waals surface area contributed by atoms with Crippen molar-refractivity contribution in [3.63, 3.8) is 0 Å². The molecule has 0 saturated heterocycles. The predicted molar refractivity (Wildman–Crippen MR) is 87.7 cm³/mol. The van der Waals surface area contributed by atoms with Crippen LogP contribution in [0.3, 0.4) is 0 Å². The molecule has 2 N–H and O–H groups in total. The quantitative estimate of drug-likeness (QED) is 0.753. The Labute approximate surface area is 137 Å². The van der Waals surface area contributed by atoms with E-state index in [0.29, 0.717) is 22.0 Å². The van der Waals surface area contributed by atoms with E-state index in [9.17, 15) is 9.90 Å². The van der Waals surface area contributed by atoms with Gasteiger partial charge in [-0.05, 0) is 36.8 Å². The van der Waals surface area contributed by atoms with Crippen LogP contribution in [-0.4, -0.2) is 16.2 Å². The maximum atomic E-state index is 12.3. The number of phenols is 1. The van der Waals surface area contributed by atoms with E-state index in [2.05, 4.69) is 10.5 Å². The summed E-state index contributed by atoms with van der Waals surface area (Å²) < 4.78 is 5.15. The minimum absolute atomic E-state index is 0.0568. The third kappa shape index (κ3) is 3.19. The van der Waals surface area contributed by atoms with Crippen LogP contribution < -0.4 is 5.32 Å². The van der Waals surface area contributed by atoms with Crippen molar-refractivity contribution in [3.05, 3.63) is 64.8 Å². The molecule has 23 heavy (non-hydrogen) atoms. The summed E-state index contributed by atoms with van der Waals surface area (Å²) in [4.78, 5) is 12.3. The molecule has 0 spiro atoms. The average Bonchev–Trinajstić information content (AvgIpc) is 3.01. The third-order valence-corrected chi connectivity index (χ3v) is 3.60. The van der Waals surface area contributed by atoms with Gasteiger partial charge < -0.3 is 14.9 Å². The number of carbonyl (C=O) groups excluding carboxylic acids is 1. The van der Waals surface area contributed by atoms with Crippen molar-refractivity contribution in [2.75, 3.05) is 5.32 Å². The first-order valence-electron chi connectivity index (χ1n) is 6.87. The standard InChI is InChI=1S/C17H13ClN2O3/c1-10-6-7-11(18)8-13(10)19-17(22)14-9-16(23-20-14)12-4-2-3-5-15(12)21/h2-9,21H,1H3,(H,19,22). The predicted octanol–water partition coefficient (Wildman–Crippen LogP) is 4.26. The highest BCUT2D eigenvalue weighted by Gasteiger charge is 2.16. The number of aromatic nitrogens is 1. The molecule has 3 rings (SSSR count). The van der Waals surface area contributed by atoms with Crippen molar-refractivity contribution in [2.45, 2.75) is 6.92 Å². The van der Waals surface area contributed by atoms with Gasteiger partial charge in [-0.1, -0.05) is 35.0 Å². The van der Waals surface area contributed by atoms with Crippen molar-refractivity contribution >= 4 is 23.2 Å². The van der Waals surface area contributed by atoms with E-state index >= 15 is 0 Å². The minimum Gasteiger partial charge on any atom is -0.507 e. The molecule has 2 aromatic carbocycles. The number of benzene rings is 2. The Morgan fingerprint density at radius 1 is 1.22 bits per heavy atom. The van der Waals surface area contributed by atoms with Gasteiger partial charge in [0.1, 0.15) is 5.75 Å². The summed E-state index contributed by atoms with van der Waals surface area (Å²) >= 11 is 5.93. The molecule has 1 aromatic heterocycles. The van der Waals surface area contributed by atoms with Crippen LogP contribution in [0.15, 0.2) is 53.1 Å². The van der Waals surface area contributed by atoms with Crippen LogP contribution in [0.5, 0.6) is 5.75 Å². The SMILES string of the molecule is Cc1ccc(Cl)cc1NC(=O)c1cc(-c2ccccc2O)on1. The molecule has 0 aliphatic rings. The molecule has 3 aromatic rings. The topological polar surface area (TPSA) is 75.4 Å². The smallest absolute Gasteiger partial charge is 0.277 e. The van der Waals surface area contributed by atoms with Crippen molar-refractivity contribution in [1.29, 1.82) is 0 Å². The Kier molecular flexibility index (Phi) is 4.04. The van der Waals surface area contributed by atoms with Crippen LogP contribution in [-0.2, 0) is 0 Å². The van der Waals surface area contributed by atoms with Crippen LogP contribution in [0.25, 0.3) is 11.3 Å². The van der Waals surface area contributed by atoms with E-state index in [1.807, 2.05) is 13.0 Å². The first-order valence-corrected chi connectivity index (χ1v) is 7.25. The lowest BCUT2D eigenvalue weighted by Gasteiger charge is -2.06. The lowest BCUT2D eigenvalue weighted by molar-refractivity contribution is 0.101. The number of amides is 1. The van der Waals surface area contributed by atoms with Crippen LogP contribution in [0.4, 0.5) is 5.69 Å². The third-order valence-electron chi connectivity index (χ3n) is 3.36. The largest absolute Gasteiger partial charge is 0.507 e. The Balaban J connectivity index is 1.84. The Hall–Kier alpha value is -2.79. The van der Waals surface area contributed by atoms with Gasteiger partial charge >= 0.3 is 0 Å². The summed E-state index contributed by atoms with van der Waals surface area (Å²) in [6.07, 6.45) is 0. The van der Waals surface area contributed by atoms with Crippen LogP contribution >= 0.6 is 11.6 Å². The van der Waals surface area contributed by atoms with Gasteiger partial charge in [0.25, 0.3) is 5.91 Å². The minimum atomic E-state index is -0.416. The molecule has 116 valence electrons. The van der Waals surface area contributed by atoms with Gasteiger partial charge in [-0.3, -0.25) is 4.79 Å². The fraction of sp³-hybridized carbons (Fsp3) is 0.0588. The number of para-hydroxylation sites is 1. The van der Waals surface area contributed by atoms with E-state index in [0.717, 1.165) is 5.56 Å². The van der Waals surface area contributed by atoms with Gasteiger partial charge in [-0.25, -0.2) is 0 Å². The number of aromatic hydroxyl groups is 1. The van der Waals surface area contributed by atoms with Crippen molar-refractivity contribution in [1.82, 2.24) is 5.16 Å². The number of hydrogen-bond donors (Lipinski definition) is 2. The summed E-state index contributed by atoms with van der Waals surface area (Å²) in [5.41, 5.74) is 2.07. The van der Waals surface area contributed by atoms with Crippen molar-refractivity contribution in [2.24, 2.45) is 0 Å². The van der Waals surface area contributed by atoms with Crippen molar-refractivity contribution in [3.8, 4) is 17.1 Å². The zero-order valence-corrected chi connectivity index (χ0v) is 13.0. The summed E-state index contributed by atoms with van der Waals surface area (Å²) in [5, 5.41) is 16.8. The number of carbonyl (C=O) groups is 1. The molecule has 5 nitrogen and oxygen atoms in total. The first kappa shape index (κ1) is 15.1. The summed E-state index contributed by atoms with van der Waals surface area (Å²) in [6, 6.07) is 13.4. The average molecular weight is 329 g/mol. The monoisotopic (exact) mass is 328 g/mol. The lowest BCUT2D eigenvalue weighted by Crippen LogP contribution is -2.13. The number of hydrogen-bond acceptors (Lipinski definition) is 4. The first-order chi connectivity index (χ1) is 11.0. The van der Waals surface area contributed by atoms with Crippen molar-refractivity contribution < 1.29 is 14.4 Å². The molecular weight excluding hydrogens is 316 g/mol. The zero-order chi connectivity index (χ0) is 16.4. The molecule has 0 aliphatic heterocycles. The molecule has 0 radical (unpaired) electrons. The van der Waals surface area contributed by atoms with E-state index < -0.39 is 5.91 Å². The molecular formula is C17H13ClN2O3. The summed E-state index contributed by atoms with van der Waals surface area (Å²) in [7, 11) is 0. The molecule has 1 heterocycles. The normalized spacial score (nSPS) is 10.5. The fourth-order valence-electron chi connectivity index (χ4n) is 2.11. The number of halogens is 1. The molecule has 0 saturated carbocycles. The molecule has 6 heteroatoms. The number of phenolic OH excluding ortho intramolecular Hbond substituents is 1. The molecule has 0 bridgehead atoms. The number of aryl methyl sites for hydroxylation is 1. The number of rotatable bonds is 3. The molecule has 0 unspecified atom stereocenters. The molecule has 0 aliphatic carbocycles. The van der Waals surface area contributed by atoms with E-state index in [4.69, 9.17) is 16.1 Å². The zero-order valence-electron chi connectivity index (χ0n) is 12.2. The van der Waals surface area contributed by atoms with Gasteiger partial charge in [-0.15, -0.1) is 0 Å². The fourth-order valence-corrected chi connectivity index (χ4v) is 2.28. The summed E-state index contributed by atoms with van der Waals surface area (Å²) in [6.45, 7) is 1.86. The maximum Gasteiger partial charge on any atom is 0.277 e. The van der Waals surface area contributed by atoms with E-state index in [-0.39, 0.29) is 11.4 Å². The second-order valence-corrected chi connectivity index (χ2v) is 5.44. The number of nitrogens with one attached hydrogen (secondary N) is 1.